The summed E-state index contributed by atoms with van der Waals surface area (Å²) in [6.07, 6.45) is 0. The summed E-state index contributed by atoms with van der Waals surface area (Å²) in [5, 5.41) is 4.11. The third-order valence-electron chi connectivity index (χ3n) is 10.5. The third kappa shape index (κ3) is 5.70. The molecule has 268 valence electrons. The van der Waals surface area contributed by atoms with Gasteiger partial charge in [-0.3, -0.25) is 0 Å². The fourth-order valence-electron chi connectivity index (χ4n) is 7.82. The lowest BCUT2D eigenvalue weighted by Crippen LogP contribution is -2.10. The second-order valence-electron chi connectivity index (χ2n) is 14.0. The maximum atomic E-state index is 6.70. The van der Waals surface area contributed by atoms with Gasteiger partial charge in [-0.05, 0) is 59.7 Å². The molecule has 0 spiro atoms. The SMILES string of the molecule is c1ccc(-c2ccc(N(c3cccc4c3oc3ccccc34)c3cccc4oc5cc(-c6nc(-c7ccccc7)nc(-c7ccccc7)n6)ccc5c34)cc2)cc1. The molecule has 0 unspecified atom stereocenters. The predicted octanol–water partition coefficient (Wildman–Crippen LogP) is 13.8. The summed E-state index contributed by atoms with van der Waals surface area (Å²) >= 11 is 0. The van der Waals surface area contributed by atoms with Gasteiger partial charge >= 0.3 is 0 Å². The van der Waals surface area contributed by atoms with Gasteiger partial charge in [-0.2, -0.15) is 0 Å². The van der Waals surface area contributed by atoms with Crippen molar-refractivity contribution in [3.05, 3.63) is 194 Å². The van der Waals surface area contributed by atoms with Gasteiger partial charge in [0.1, 0.15) is 16.7 Å². The Morgan fingerprint density at radius 3 is 1.56 bits per heavy atom. The molecule has 0 fully saturated rings. The van der Waals surface area contributed by atoms with E-state index < -0.39 is 0 Å². The summed E-state index contributed by atoms with van der Waals surface area (Å²) in [6.45, 7) is 0. The van der Waals surface area contributed by atoms with Gasteiger partial charge in [-0.15, -0.1) is 0 Å². The van der Waals surface area contributed by atoms with Gasteiger partial charge in [0.15, 0.2) is 23.1 Å². The monoisotopic (exact) mass is 732 g/mol. The van der Waals surface area contributed by atoms with Crippen molar-refractivity contribution in [1.29, 1.82) is 0 Å². The van der Waals surface area contributed by atoms with Crippen molar-refractivity contribution in [1.82, 2.24) is 15.0 Å². The molecule has 0 saturated carbocycles. The third-order valence-corrected chi connectivity index (χ3v) is 10.5. The van der Waals surface area contributed by atoms with Gasteiger partial charge < -0.3 is 13.7 Å². The van der Waals surface area contributed by atoms with Gasteiger partial charge in [0.25, 0.3) is 0 Å². The van der Waals surface area contributed by atoms with Crippen LogP contribution in [-0.2, 0) is 0 Å². The summed E-state index contributed by atoms with van der Waals surface area (Å²) in [7, 11) is 0. The molecule has 57 heavy (non-hydrogen) atoms. The van der Waals surface area contributed by atoms with Gasteiger partial charge in [0.05, 0.1) is 16.8 Å². The number of benzene rings is 8. The van der Waals surface area contributed by atoms with Crippen LogP contribution in [0.3, 0.4) is 0 Å². The molecule has 11 aromatic rings. The van der Waals surface area contributed by atoms with Crippen LogP contribution < -0.4 is 4.90 Å². The van der Waals surface area contributed by atoms with Crippen molar-refractivity contribution in [2.24, 2.45) is 0 Å². The van der Waals surface area contributed by atoms with Crippen LogP contribution in [0.15, 0.2) is 203 Å². The lowest BCUT2D eigenvalue weighted by Gasteiger charge is -2.26. The largest absolute Gasteiger partial charge is 0.456 e. The van der Waals surface area contributed by atoms with E-state index in [1.165, 1.54) is 5.56 Å². The van der Waals surface area contributed by atoms with Crippen molar-refractivity contribution in [3.8, 4) is 45.3 Å². The van der Waals surface area contributed by atoms with Crippen LogP contribution in [0, 0.1) is 0 Å². The Labute approximate surface area is 328 Å². The summed E-state index contributed by atoms with van der Waals surface area (Å²) in [5.41, 5.74) is 11.1. The van der Waals surface area contributed by atoms with E-state index in [0.717, 1.165) is 83.2 Å². The van der Waals surface area contributed by atoms with E-state index in [1.54, 1.807) is 0 Å². The van der Waals surface area contributed by atoms with Crippen LogP contribution in [0.4, 0.5) is 17.1 Å². The van der Waals surface area contributed by atoms with E-state index in [4.69, 9.17) is 23.8 Å². The standard InChI is InChI=1S/C51H32N4O2/c1-4-14-33(15-5-1)34-26-29-38(30-27-34)55(43-23-12-21-40-39-20-10-11-24-44(39)57-48(40)43)42-22-13-25-45-47(42)41-31-28-37(32-46(41)56-45)51-53-49(35-16-6-2-7-17-35)52-50(54-51)36-18-8-3-9-19-36/h1-32H. The maximum Gasteiger partial charge on any atom is 0.164 e. The Balaban J connectivity index is 1.10. The first-order chi connectivity index (χ1) is 28.2. The molecule has 0 N–H and O–H groups in total. The molecule has 8 aromatic carbocycles. The van der Waals surface area contributed by atoms with E-state index in [1.807, 2.05) is 91.0 Å². The zero-order valence-corrected chi connectivity index (χ0v) is 30.6. The van der Waals surface area contributed by atoms with Crippen LogP contribution in [0.25, 0.3) is 89.2 Å². The Kier molecular flexibility index (Phi) is 7.71. The number of anilines is 3. The van der Waals surface area contributed by atoms with E-state index in [9.17, 15) is 0 Å². The Hall–Kier alpha value is -7.83. The Morgan fingerprint density at radius 2 is 0.860 bits per heavy atom. The topological polar surface area (TPSA) is 68.2 Å². The summed E-state index contributed by atoms with van der Waals surface area (Å²) < 4.78 is 13.3. The lowest BCUT2D eigenvalue weighted by molar-refractivity contribution is 0.668. The molecule has 0 radical (unpaired) electrons. The molecule has 6 heteroatoms. The molecule has 11 rings (SSSR count). The highest BCUT2D eigenvalue weighted by molar-refractivity contribution is 6.16. The number of para-hydroxylation sites is 2. The summed E-state index contributed by atoms with van der Waals surface area (Å²) in [6, 6.07) is 66.2. The second-order valence-corrected chi connectivity index (χ2v) is 14.0. The van der Waals surface area contributed by atoms with Crippen molar-refractivity contribution in [2.45, 2.75) is 0 Å². The highest BCUT2D eigenvalue weighted by atomic mass is 16.3. The van der Waals surface area contributed by atoms with Crippen LogP contribution in [0.2, 0.25) is 0 Å². The molecule has 0 atom stereocenters. The van der Waals surface area contributed by atoms with Crippen LogP contribution in [0.5, 0.6) is 0 Å². The maximum absolute atomic E-state index is 6.70. The molecule has 3 aromatic heterocycles. The minimum atomic E-state index is 0.571. The van der Waals surface area contributed by atoms with Crippen molar-refractivity contribution in [3.63, 3.8) is 0 Å². The number of hydrogen-bond acceptors (Lipinski definition) is 6. The van der Waals surface area contributed by atoms with Crippen LogP contribution >= 0.6 is 0 Å². The van der Waals surface area contributed by atoms with Gasteiger partial charge in [0, 0.05) is 38.5 Å². The van der Waals surface area contributed by atoms with Crippen molar-refractivity contribution >= 4 is 60.9 Å². The molecule has 6 nitrogen and oxygen atoms in total. The number of nitrogens with zero attached hydrogens (tertiary/aromatic N) is 4. The second kappa shape index (κ2) is 13.5. The fourth-order valence-corrected chi connectivity index (χ4v) is 7.82. The molecular formula is C51H32N4O2. The number of rotatable bonds is 7. The van der Waals surface area contributed by atoms with Gasteiger partial charge in [0.2, 0.25) is 0 Å². The molecule has 0 aliphatic rings. The molecule has 0 amide bonds. The molecule has 0 aliphatic carbocycles. The minimum absolute atomic E-state index is 0.571. The molecule has 0 bridgehead atoms. The zero-order valence-electron chi connectivity index (χ0n) is 30.6. The first kappa shape index (κ1) is 32.6. The van der Waals surface area contributed by atoms with Crippen LogP contribution in [-0.4, -0.2) is 15.0 Å². The van der Waals surface area contributed by atoms with E-state index in [2.05, 4.69) is 108 Å². The molecule has 0 aliphatic heterocycles. The van der Waals surface area contributed by atoms with Gasteiger partial charge in [-0.25, -0.2) is 15.0 Å². The molecular weight excluding hydrogens is 701 g/mol. The smallest absolute Gasteiger partial charge is 0.164 e. The molecule has 3 heterocycles. The van der Waals surface area contributed by atoms with Crippen LogP contribution in [0.1, 0.15) is 0 Å². The zero-order chi connectivity index (χ0) is 37.7. The first-order valence-corrected chi connectivity index (χ1v) is 18.9. The van der Waals surface area contributed by atoms with Crippen molar-refractivity contribution < 1.29 is 8.83 Å². The van der Waals surface area contributed by atoms with E-state index >= 15 is 0 Å². The average molecular weight is 733 g/mol. The first-order valence-electron chi connectivity index (χ1n) is 18.9. The quantitative estimate of drug-likeness (QED) is 0.162. The molecule has 0 saturated heterocycles. The van der Waals surface area contributed by atoms with E-state index in [0.29, 0.717) is 17.5 Å². The number of hydrogen-bond donors (Lipinski definition) is 0. The Morgan fingerprint density at radius 1 is 0.333 bits per heavy atom. The summed E-state index contributed by atoms with van der Waals surface area (Å²) in [4.78, 5) is 17.1. The normalized spacial score (nSPS) is 11.5. The summed E-state index contributed by atoms with van der Waals surface area (Å²) in [5.74, 6) is 1.79. The lowest BCUT2D eigenvalue weighted by atomic mass is 10.0. The number of furan rings is 2. The van der Waals surface area contributed by atoms with Crippen molar-refractivity contribution in [2.75, 3.05) is 4.90 Å². The van der Waals surface area contributed by atoms with Gasteiger partial charge in [-0.1, -0.05) is 146 Å². The Bertz CT molecular complexity index is 3170. The number of aromatic nitrogens is 3. The van der Waals surface area contributed by atoms with E-state index in [-0.39, 0.29) is 0 Å². The fraction of sp³-hybridized carbons (Fsp3) is 0. The minimum Gasteiger partial charge on any atom is -0.456 e. The predicted molar refractivity (Wildman–Crippen MR) is 231 cm³/mol. The number of fused-ring (bicyclic) bond motifs is 6. The highest BCUT2D eigenvalue weighted by Crippen LogP contribution is 2.47. The highest BCUT2D eigenvalue weighted by Gasteiger charge is 2.24. The average Bonchev–Trinajstić information content (AvgIpc) is 3.87.